The van der Waals surface area contributed by atoms with Gasteiger partial charge in [-0.1, -0.05) is 17.7 Å². The van der Waals surface area contributed by atoms with Crippen molar-refractivity contribution in [2.24, 2.45) is 5.92 Å². The van der Waals surface area contributed by atoms with E-state index in [1.165, 1.54) is 6.07 Å². The molecular formula is C13H15ClFNO2. The predicted molar refractivity (Wildman–Crippen MR) is 67.1 cm³/mol. The van der Waals surface area contributed by atoms with Gasteiger partial charge < -0.3 is 5.11 Å². The molecule has 1 aromatic carbocycles. The first kappa shape index (κ1) is 13.3. The Bertz CT molecular complexity index is 466. The van der Waals surface area contributed by atoms with Crippen molar-refractivity contribution in [3.05, 3.63) is 34.6 Å². The molecule has 0 unspecified atom stereocenters. The number of carboxylic acids is 1. The molecule has 1 fully saturated rings. The molecule has 2 rings (SSSR count). The van der Waals surface area contributed by atoms with Crippen LogP contribution in [0.2, 0.25) is 5.02 Å². The SMILES string of the molecule is C[C@@H](c1ccc(F)c(Cl)c1)N1CC[C@@H](C(=O)O)C1. The van der Waals surface area contributed by atoms with E-state index in [9.17, 15) is 9.18 Å². The average molecular weight is 272 g/mol. The van der Waals surface area contributed by atoms with Gasteiger partial charge in [-0.15, -0.1) is 0 Å². The van der Waals surface area contributed by atoms with Gasteiger partial charge in [0, 0.05) is 12.6 Å². The van der Waals surface area contributed by atoms with E-state index < -0.39 is 11.8 Å². The predicted octanol–water partition coefficient (Wildman–Crippen LogP) is 2.95. The van der Waals surface area contributed by atoms with Crippen LogP contribution in [-0.4, -0.2) is 29.1 Å². The van der Waals surface area contributed by atoms with E-state index in [1.54, 1.807) is 12.1 Å². The molecule has 1 aromatic rings. The van der Waals surface area contributed by atoms with Crippen molar-refractivity contribution in [2.45, 2.75) is 19.4 Å². The lowest BCUT2D eigenvalue weighted by molar-refractivity contribution is -0.141. The minimum absolute atomic E-state index is 0.0486. The van der Waals surface area contributed by atoms with E-state index >= 15 is 0 Å². The Morgan fingerprint density at radius 3 is 2.89 bits per heavy atom. The molecule has 1 aliphatic rings. The maximum Gasteiger partial charge on any atom is 0.307 e. The fourth-order valence-corrected chi connectivity index (χ4v) is 2.51. The first-order chi connectivity index (χ1) is 8.49. The van der Waals surface area contributed by atoms with Crippen molar-refractivity contribution in [1.29, 1.82) is 0 Å². The third-order valence-corrected chi connectivity index (χ3v) is 3.83. The molecular weight excluding hydrogens is 257 g/mol. The zero-order chi connectivity index (χ0) is 13.3. The van der Waals surface area contributed by atoms with Crippen molar-refractivity contribution in [1.82, 2.24) is 4.90 Å². The number of halogens is 2. The lowest BCUT2D eigenvalue weighted by Crippen LogP contribution is -2.26. The highest BCUT2D eigenvalue weighted by Crippen LogP contribution is 2.29. The van der Waals surface area contributed by atoms with Crippen LogP contribution in [-0.2, 0) is 4.79 Å². The van der Waals surface area contributed by atoms with Crippen molar-refractivity contribution in [2.75, 3.05) is 13.1 Å². The number of hydrogen-bond acceptors (Lipinski definition) is 2. The van der Waals surface area contributed by atoms with E-state index in [1.807, 2.05) is 6.92 Å². The molecule has 0 bridgehead atoms. The van der Waals surface area contributed by atoms with Crippen molar-refractivity contribution >= 4 is 17.6 Å². The molecule has 0 aromatic heterocycles. The van der Waals surface area contributed by atoms with Gasteiger partial charge >= 0.3 is 5.97 Å². The third-order valence-electron chi connectivity index (χ3n) is 3.54. The minimum atomic E-state index is -0.748. The maximum absolute atomic E-state index is 13.1. The Balaban J connectivity index is 2.10. The van der Waals surface area contributed by atoms with Crippen LogP contribution < -0.4 is 0 Å². The average Bonchev–Trinajstić information content (AvgIpc) is 2.81. The van der Waals surface area contributed by atoms with Crippen LogP contribution in [0, 0.1) is 11.7 Å². The zero-order valence-electron chi connectivity index (χ0n) is 10.1. The molecule has 0 saturated carbocycles. The third kappa shape index (κ3) is 2.65. The van der Waals surface area contributed by atoms with Gasteiger partial charge in [0.2, 0.25) is 0 Å². The molecule has 1 aliphatic heterocycles. The largest absolute Gasteiger partial charge is 0.481 e. The number of likely N-dealkylation sites (tertiary alicyclic amines) is 1. The molecule has 3 nitrogen and oxygen atoms in total. The molecule has 0 aliphatic carbocycles. The topological polar surface area (TPSA) is 40.5 Å². The van der Waals surface area contributed by atoms with Crippen LogP contribution in [0.25, 0.3) is 0 Å². The highest BCUT2D eigenvalue weighted by Gasteiger charge is 2.31. The maximum atomic E-state index is 13.1. The van der Waals surface area contributed by atoms with Crippen molar-refractivity contribution < 1.29 is 14.3 Å². The lowest BCUT2D eigenvalue weighted by Gasteiger charge is -2.24. The molecule has 2 atom stereocenters. The summed E-state index contributed by atoms with van der Waals surface area (Å²) < 4.78 is 13.1. The summed E-state index contributed by atoms with van der Waals surface area (Å²) in [7, 11) is 0. The fraction of sp³-hybridized carbons (Fsp3) is 0.462. The van der Waals surface area contributed by atoms with Crippen LogP contribution >= 0.6 is 11.6 Å². The number of nitrogens with zero attached hydrogens (tertiary/aromatic N) is 1. The molecule has 1 N–H and O–H groups in total. The number of carbonyl (C=O) groups is 1. The summed E-state index contributed by atoms with van der Waals surface area (Å²) in [5, 5.41) is 9.07. The standard InChI is InChI=1S/C13H15ClFNO2/c1-8(9-2-3-12(15)11(14)6-9)16-5-4-10(7-16)13(17)18/h2-3,6,8,10H,4-5,7H2,1H3,(H,17,18)/t8-,10+/m0/s1. The Morgan fingerprint density at radius 1 is 1.61 bits per heavy atom. The molecule has 0 spiro atoms. The Kier molecular flexibility index (Phi) is 3.88. The molecule has 0 radical (unpaired) electrons. The second kappa shape index (κ2) is 5.24. The molecule has 0 amide bonds. The number of carboxylic acid groups (broad SMARTS) is 1. The Hall–Kier alpha value is -1.13. The summed E-state index contributed by atoms with van der Waals surface area (Å²) in [5.41, 5.74) is 0.910. The molecule has 18 heavy (non-hydrogen) atoms. The second-order valence-electron chi connectivity index (χ2n) is 4.67. The quantitative estimate of drug-likeness (QED) is 0.919. The van der Waals surface area contributed by atoms with Gasteiger partial charge in [-0.3, -0.25) is 9.69 Å². The van der Waals surface area contributed by atoms with Gasteiger partial charge in [0.15, 0.2) is 0 Å². The summed E-state index contributed by atoms with van der Waals surface area (Å²) in [4.78, 5) is 13.0. The summed E-state index contributed by atoms with van der Waals surface area (Å²) in [6, 6.07) is 4.70. The summed E-state index contributed by atoms with van der Waals surface area (Å²) in [6.45, 7) is 3.26. The zero-order valence-corrected chi connectivity index (χ0v) is 10.8. The molecule has 98 valence electrons. The van der Waals surface area contributed by atoms with E-state index in [0.717, 1.165) is 12.1 Å². The first-order valence-corrected chi connectivity index (χ1v) is 6.28. The van der Waals surface area contributed by atoms with Gasteiger partial charge in [-0.05, 0) is 37.6 Å². The number of hydrogen-bond donors (Lipinski definition) is 1. The highest BCUT2D eigenvalue weighted by molar-refractivity contribution is 6.30. The van der Waals surface area contributed by atoms with Crippen LogP contribution in [0.1, 0.15) is 24.9 Å². The van der Waals surface area contributed by atoms with Gasteiger partial charge in [-0.25, -0.2) is 4.39 Å². The van der Waals surface area contributed by atoms with Gasteiger partial charge in [0.05, 0.1) is 10.9 Å². The first-order valence-electron chi connectivity index (χ1n) is 5.91. The van der Waals surface area contributed by atoms with Crippen molar-refractivity contribution in [3.63, 3.8) is 0 Å². The van der Waals surface area contributed by atoms with Crippen LogP contribution in [0.3, 0.4) is 0 Å². The fourth-order valence-electron chi connectivity index (χ4n) is 2.32. The van der Waals surface area contributed by atoms with E-state index in [2.05, 4.69) is 4.90 Å². The monoisotopic (exact) mass is 271 g/mol. The smallest absolute Gasteiger partial charge is 0.307 e. The van der Waals surface area contributed by atoms with E-state index in [-0.39, 0.29) is 17.0 Å². The molecule has 5 heteroatoms. The molecule has 1 heterocycles. The number of aliphatic carboxylic acids is 1. The second-order valence-corrected chi connectivity index (χ2v) is 5.08. The van der Waals surface area contributed by atoms with Gasteiger partial charge in [0.25, 0.3) is 0 Å². The summed E-state index contributed by atoms with van der Waals surface area (Å²) >= 11 is 5.76. The minimum Gasteiger partial charge on any atom is -0.481 e. The van der Waals surface area contributed by atoms with E-state index in [0.29, 0.717) is 13.0 Å². The van der Waals surface area contributed by atoms with Crippen LogP contribution in [0.4, 0.5) is 4.39 Å². The number of benzene rings is 1. The van der Waals surface area contributed by atoms with Crippen LogP contribution in [0.5, 0.6) is 0 Å². The normalized spacial score (nSPS) is 22.1. The van der Waals surface area contributed by atoms with Crippen molar-refractivity contribution in [3.8, 4) is 0 Å². The van der Waals surface area contributed by atoms with E-state index in [4.69, 9.17) is 16.7 Å². The Labute approximate surface area is 110 Å². The number of rotatable bonds is 3. The summed E-state index contributed by atoms with van der Waals surface area (Å²) in [5.74, 6) is -1.48. The van der Waals surface area contributed by atoms with Gasteiger partial charge in [0.1, 0.15) is 5.82 Å². The highest BCUT2D eigenvalue weighted by atomic mass is 35.5. The Morgan fingerprint density at radius 2 is 2.33 bits per heavy atom. The lowest BCUT2D eigenvalue weighted by atomic mass is 10.1. The van der Waals surface area contributed by atoms with Crippen LogP contribution in [0.15, 0.2) is 18.2 Å². The molecule has 1 saturated heterocycles. The summed E-state index contributed by atoms with van der Waals surface area (Å²) in [6.07, 6.45) is 0.661. The van der Waals surface area contributed by atoms with Gasteiger partial charge in [-0.2, -0.15) is 0 Å².